The number of fused-ring (bicyclic) bond motifs is 1. The smallest absolute Gasteiger partial charge is 0.200 e. The molecule has 0 aliphatic carbocycles. The molecule has 0 radical (unpaired) electrons. The summed E-state index contributed by atoms with van der Waals surface area (Å²) in [4.78, 5) is 21.1. The molecule has 19 heavy (non-hydrogen) atoms. The van der Waals surface area contributed by atoms with Crippen molar-refractivity contribution in [2.75, 3.05) is 12.2 Å². The van der Waals surface area contributed by atoms with Crippen molar-refractivity contribution in [3.8, 4) is 0 Å². The third-order valence-electron chi connectivity index (χ3n) is 2.60. The quantitative estimate of drug-likeness (QED) is 0.594. The molecule has 0 fully saturated rings. The highest BCUT2D eigenvalue weighted by Crippen LogP contribution is 2.29. The molecule has 1 N–H and O–H groups in total. The summed E-state index contributed by atoms with van der Waals surface area (Å²) in [6.45, 7) is 0. The number of hydrogen-bond donors (Lipinski definition) is 1. The predicted molar refractivity (Wildman–Crippen MR) is 75.0 cm³/mol. The molecule has 7 heteroatoms. The molecule has 2 aromatic heterocycles. The third kappa shape index (κ3) is 2.18. The SMILES string of the molecule is CON(c1ccccc1)c1nc(Br)nc2nc[nH]c12. The normalized spacial score (nSPS) is 10.8. The number of anilines is 2. The molecule has 0 unspecified atom stereocenters. The van der Waals surface area contributed by atoms with E-state index in [0.717, 1.165) is 5.69 Å². The van der Waals surface area contributed by atoms with Crippen LogP contribution >= 0.6 is 15.9 Å². The Kier molecular flexibility index (Phi) is 3.14. The van der Waals surface area contributed by atoms with Crippen molar-refractivity contribution >= 4 is 38.6 Å². The third-order valence-corrected chi connectivity index (χ3v) is 2.96. The van der Waals surface area contributed by atoms with Crippen molar-refractivity contribution in [2.24, 2.45) is 0 Å². The standard InChI is InChI=1S/C12H10BrN5O/c1-19-18(8-5-3-2-4-6-8)11-9-10(15-7-14-9)16-12(13)17-11/h2-7H,1H3,(H,14,15,16,17). The average Bonchev–Trinajstić information content (AvgIpc) is 2.89. The zero-order chi connectivity index (χ0) is 13.2. The molecule has 0 amide bonds. The van der Waals surface area contributed by atoms with Crippen molar-refractivity contribution in [2.45, 2.75) is 0 Å². The van der Waals surface area contributed by atoms with Crippen LogP contribution in [0, 0.1) is 0 Å². The molecule has 2 heterocycles. The number of aromatic nitrogens is 4. The van der Waals surface area contributed by atoms with Crippen molar-refractivity contribution in [3.63, 3.8) is 0 Å². The fourth-order valence-corrected chi connectivity index (χ4v) is 2.15. The number of nitrogens with zero attached hydrogens (tertiary/aromatic N) is 4. The second-order valence-corrected chi connectivity index (χ2v) is 4.44. The summed E-state index contributed by atoms with van der Waals surface area (Å²) >= 11 is 3.28. The number of halogens is 1. The molecule has 0 atom stereocenters. The van der Waals surface area contributed by atoms with Crippen LogP contribution in [-0.4, -0.2) is 27.0 Å². The van der Waals surface area contributed by atoms with Gasteiger partial charge in [-0.25, -0.2) is 15.0 Å². The Morgan fingerprint density at radius 2 is 2.00 bits per heavy atom. The fourth-order valence-electron chi connectivity index (χ4n) is 1.82. The fraction of sp³-hybridized carbons (Fsp3) is 0.0833. The highest BCUT2D eigenvalue weighted by molar-refractivity contribution is 9.10. The molecular weight excluding hydrogens is 310 g/mol. The van der Waals surface area contributed by atoms with Crippen molar-refractivity contribution in [1.29, 1.82) is 0 Å². The van der Waals surface area contributed by atoms with Gasteiger partial charge in [-0.3, -0.25) is 4.84 Å². The van der Waals surface area contributed by atoms with E-state index in [1.54, 1.807) is 18.5 Å². The molecule has 1 aromatic carbocycles. The Bertz CT molecular complexity index is 700. The van der Waals surface area contributed by atoms with Gasteiger partial charge < -0.3 is 4.98 Å². The van der Waals surface area contributed by atoms with Crippen LogP contribution in [0.25, 0.3) is 11.2 Å². The first-order chi connectivity index (χ1) is 9.29. The van der Waals surface area contributed by atoms with E-state index >= 15 is 0 Å². The van der Waals surface area contributed by atoms with E-state index in [1.807, 2.05) is 30.3 Å². The Hall–Kier alpha value is -1.99. The topological polar surface area (TPSA) is 66.9 Å². The molecule has 0 bridgehead atoms. The first-order valence-corrected chi connectivity index (χ1v) is 6.35. The number of rotatable bonds is 3. The number of para-hydroxylation sites is 1. The van der Waals surface area contributed by atoms with Gasteiger partial charge in [-0.1, -0.05) is 18.2 Å². The minimum atomic E-state index is 0.458. The lowest BCUT2D eigenvalue weighted by molar-refractivity contribution is 0.200. The van der Waals surface area contributed by atoms with Crippen molar-refractivity contribution in [3.05, 3.63) is 41.4 Å². The van der Waals surface area contributed by atoms with Gasteiger partial charge in [-0.15, -0.1) is 0 Å². The van der Waals surface area contributed by atoms with E-state index < -0.39 is 0 Å². The van der Waals surface area contributed by atoms with Crippen LogP contribution in [0.3, 0.4) is 0 Å². The summed E-state index contributed by atoms with van der Waals surface area (Å²) in [7, 11) is 1.59. The maximum atomic E-state index is 5.43. The first-order valence-electron chi connectivity index (χ1n) is 5.55. The lowest BCUT2D eigenvalue weighted by atomic mass is 10.3. The van der Waals surface area contributed by atoms with Gasteiger partial charge in [-0.05, 0) is 28.1 Å². The van der Waals surface area contributed by atoms with Crippen LogP contribution in [0.4, 0.5) is 11.5 Å². The Morgan fingerprint density at radius 1 is 1.21 bits per heavy atom. The van der Waals surface area contributed by atoms with Crippen LogP contribution in [0.15, 0.2) is 41.4 Å². The molecule has 96 valence electrons. The van der Waals surface area contributed by atoms with Gasteiger partial charge in [0, 0.05) is 0 Å². The minimum absolute atomic E-state index is 0.458. The number of nitrogens with one attached hydrogen (secondary N) is 1. The molecule has 3 aromatic rings. The van der Waals surface area contributed by atoms with Gasteiger partial charge >= 0.3 is 0 Å². The maximum absolute atomic E-state index is 5.43. The molecule has 0 saturated carbocycles. The van der Waals surface area contributed by atoms with Crippen molar-refractivity contribution in [1.82, 2.24) is 19.9 Å². The summed E-state index contributed by atoms with van der Waals surface area (Å²) < 4.78 is 0.458. The first kappa shape index (κ1) is 12.1. The predicted octanol–water partition coefficient (Wildman–Crippen LogP) is 2.81. The molecule has 0 aliphatic rings. The zero-order valence-corrected chi connectivity index (χ0v) is 11.6. The summed E-state index contributed by atoms with van der Waals surface area (Å²) in [5, 5.41) is 1.62. The summed E-state index contributed by atoms with van der Waals surface area (Å²) in [5.74, 6) is 0.600. The van der Waals surface area contributed by atoms with Crippen LogP contribution in [0.2, 0.25) is 0 Å². The molecular formula is C12H10BrN5O. The molecule has 0 spiro atoms. The minimum Gasteiger partial charge on any atom is -0.340 e. The van der Waals surface area contributed by atoms with Crippen LogP contribution in [0.1, 0.15) is 0 Å². The monoisotopic (exact) mass is 319 g/mol. The molecule has 0 saturated heterocycles. The lowest BCUT2D eigenvalue weighted by Crippen LogP contribution is -2.17. The van der Waals surface area contributed by atoms with Crippen LogP contribution in [-0.2, 0) is 4.84 Å². The summed E-state index contributed by atoms with van der Waals surface area (Å²) in [5.41, 5.74) is 2.16. The zero-order valence-electron chi connectivity index (χ0n) is 10.0. The second-order valence-electron chi connectivity index (χ2n) is 3.73. The highest BCUT2D eigenvalue weighted by atomic mass is 79.9. The Labute approximate surface area is 117 Å². The van der Waals surface area contributed by atoms with E-state index in [-0.39, 0.29) is 0 Å². The van der Waals surface area contributed by atoms with Gasteiger partial charge in [0.1, 0.15) is 5.52 Å². The molecule has 0 aliphatic heterocycles. The molecule has 6 nitrogen and oxygen atoms in total. The number of benzene rings is 1. The van der Waals surface area contributed by atoms with E-state index in [1.165, 1.54) is 0 Å². The average molecular weight is 320 g/mol. The summed E-state index contributed by atoms with van der Waals surface area (Å²) in [6, 6.07) is 9.67. The second kappa shape index (κ2) is 4.94. The van der Waals surface area contributed by atoms with Crippen molar-refractivity contribution < 1.29 is 4.84 Å². The number of H-pyrrole nitrogens is 1. The van der Waals surface area contributed by atoms with Gasteiger partial charge in [-0.2, -0.15) is 4.98 Å². The van der Waals surface area contributed by atoms with Crippen LogP contribution < -0.4 is 5.06 Å². The largest absolute Gasteiger partial charge is 0.340 e. The highest BCUT2D eigenvalue weighted by Gasteiger charge is 2.17. The number of hydrogen-bond acceptors (Lipinski definition) is 5. The van der Waals surface area contributed by atoms with E-state index in [4.69, 9.17) is 4.84 Å². The molecule has 3 rings (SSSR count). The van der Waals surface area contributed by atoms with Gasteiger partial charge in [0.2, 0.25) is 4.73 Å². The van der Waals surface area contributed by atoms with Gasteiger partial charge in [0.15, 0.2) is 11.5 Å². The number of imidazole rings is 1. The lowest BCUT2D eigenvalue weighted by Gasteiger charge is -2.20. The van der Waals surface area contributed by atoms with Gasteiger partial charge in [0.05, 0.1) is 19.1 Å². The van der Waals surface area contributed by atoms with Crippen LogP contribution in [0.5, 0.6) is 0 Å². The van der Waals surface area contributed by atoms with Gasteiger partial charge in [0.25, 0.3) is 0 Å². The van der Waals surface area contributed by atoms with E-state index in [9.17, 15) is 0 Å². The van der Waals surface area contributed by atoms with E-state index in [0.29, 0.717) is 21.7 Å². The Morgan fingerprint density at radius 3 is 2.74 bits per heavy atom. The van der Waals surface area contributed by atoms with E-state index in [2.05, 4.69) is 35.9 Å². The number of aromatic amines is 1. The maximum Gasteiger partial charge on any atom is 0.200 e. The summed E-state index contributed by atoms with van der Waals surface area (Å²) in [6.07, 6.45) is 1.58. The Balaban J connectivity index is 2.19.